The number of aromatic amines is 1. The summed E-state index contributed by atoms with van der Waals surface area (Å²) in [7, 11) is -3.78. The highest BCUT2D eigenvalue weighted by molar-refractivity contribution is 7.89. The normalized spacial score (nSPS) is 20.8. The Labute approximate surface area is 174 Å². The summed E-state index contributed by atoms with van der Waals surface area (Å²) in [4.78, 5) is 7.43. The summed E-state index contributed by atoms with van der Waals surface area (Å²) in [5.74, 6) is 0. The fourth-order valence-corrected chi connectivity index (χ4v) is 6.09. The maximum Gasteiger partial charge on any atom is 0.244 e. The van der Waals surface area contributed by atoms with Crippen LogP contribution >= 0.6 is 0 Å². The number of aromatic nitrogens is 2. The Hall–Kier alpha value is -3.00. The quantitative estimate of drug-likeness (QED) is 0.531. The summed E-state index contributed by atoms with van der Waals surface area (Å²) in [5, 5.41) is 12.3. The Morgan fingerprint density at radius 1 is 1.00 bits per heavy atom. The Balaban J connectivity index is 1.62. The Morgan fingerprint density at radius 3 is 2.57 bits per heavy atom. The zero-order chi connectivity index (χ0) is 20.7. The smallest absolute Gasteiger partial charge is 0.244 e. The minimum atomic E-state index is -3.78. The Kier molecular flexibility index (Phi) is 4.66. The first kappa shape index (κ1) is 19.0. The topological polar surface area (TPSA) is 86.3 Å². The van der Waals surface area contributed by atoms with Crippen LogP contribution in [0.1, 0.15) is 22.8 Å². The summed E-state index contributed by atoms with van der Waals surface area (Å²) in [6.45, 7) is 0.170. The van der Waals surface area contributed by atoms with Crippen molar-refractivity contribution in [2.75, 3.05) is 0 Å². The van der Waals surface area contributed by atoms with Crippen molar-refractivity contribution in [3.63, 3.8) is 0 Å². The van der Waals surface area contributed by atoms with Crippen LogP contribution < -0.4 is 0 Å². The first-order valence-corrected chi connectivity index (χ1v) is 11.2. The van der Waals surface area contributed by atoms with Crippen molar-refractivity contribution in [1.82, 2.24) is 14.3 Å². The third-order valence-corrected chi connectivity index (χ3v) is 7.70. The molecule has 0 radical (unpaired) electrons. The maximum absolute atomic E-state index is 13.5. The molecule has 1 aliphatic rings. The Morgan fingerprint density at radius 2 is 1.73 bits per heavy atom. The number of aliphatic hydroxyl groups is 1. The van der Waals surface area contributed by atoms with Crippen LogP contribution in [-0.2, 0) is 23.0 Å². The average Bonchev–Trinajstić information content (AvgIpc) is 3.18. The number of hydrogen-bond donors (Lipinski definition) is 2. The van der Waals surface area contributed by atoms with Gasteiger partial charge in [0.15, 0.2) is 0 Å². The highest BCUT2D eigenvalue weighted by Gasteiger charge is 2.43. The van der Waals surface area contributed by atoms with Gasteiger partial charge in [-0.25, -0.2) is 8.42 Å². The molecule has 0 saturated carbocycles. The molecule has 4 aromatic rings. The number of aliphatic hydroxyl groups excluding tert-OH is 1. The minimum Gasteiger partial charge on any atom is -0.387 e. The van der Waals surface area contributed by atoms with Crippen molar-refractivity contribution in [2.24, 2.45) is 0 Å². The van der Waals surface area contributed by atoms with E-state index in [-0.39, 0.29) is 11.4 Å². The van der Waals surface area contributed by atoms with Crippen LogP contribution in [0.2, 0.25) is 0 Å². The second kappa shape index (κ2) is 7.36. The number of fused-ring (bicyclic) bond motifs is 2. The van der Waals surface area contributed by atoms with Crippen molar-refractivity contribution in [3.05, 3.63) is 95.9 Å². The minimum absolute atomic E-state index is 0.168. The molecule has 30 heavy (non-hydrogen) atoms. The van der Waals surface area contributed by atoms with Gasteiger partial charge in [0.2, 0.25) is 10.0 Å². The van der Waals surface area contributed by atoms with E-state index in [4.69, 9.17) is 0 Å². The zero-order valence-corrected chi connectivity index (χ0v) is 17.0. The van der Waals surface area contributed by atoms with E-state index in [9.17, 15) is 13.5 Å². The second-order valence-electron chi connectivity index (χ2n) is 7.52. The van der Waals surface area contributed by atoms with Gasteiger partial charge in [0.05, 0.1) is 17.0 Å². The van der Waals surface area contributed by atoms with Gasteiger partial charge in [-0.15, -0.1) is 0 Å². The molecule has 0 spiro atoms. The van der Waals surface area contributed by atoms with Crippen molar-refractivity contribution in [2.45, 2.75) is 30.0 Å². The van der Waals surface area contributed by atoms with Crippen molar-refractivity contribution in [3.8, 4) is 0 Å². The standard InChI is InChI=1S/C23H21N3O3S/c27-23-19-6-2-4-8-22(19)30(28,29)26(15-16-9-11-24-12-10-16)21(23)13-17-14-25-20-7-3-1-5-18(17)20/h1-12,14,21,23,25,27H,13,15H2/t21-,23+/m1/s1. The van der Waals surface area contributed by atoms with Crippen LogP contribution in [0.4, 0.5) is 0 Å². The number of benzene rings is 2. The number of nitrogens with zero attached hydrogens (tertiary/aromatic N) is 2. The Bertz CT molecular complexity index is 1300. The number of nitrogens with one attached hydrogen (secondary N) is 1. The predicted molar refractivity (Wildman–Crippen MR) is 114 cm³/mol. The van der Waals surface area contributed by atoms with Gasteiger partial charge >= 0.3 is 0 Å². The molecule has 7 heteroatoms. The van der Waals surface area contributed by atoms with E-state index < -0.39 is 22.2 Å². The summed E-state index contributed by atoms with van der Waals surface area (Å²) < 4.78 is 28.5. The van der Waals surface area contributed by atoms with Gasteiger partial charge < -0.3 is 10.1 Å². The third-order valence-electron chi connectivity index (χ3n) is 5.75. The third kappa shape index (κ3) is 3.11. The number of sulfonamides is 1. The van der Waals surface area contributed by atoms with E-state index in [0.29, 0.717) is 12.0 Å². The maximum atomic E-state index is 13.5. The molecule has 2 N–H and O–H groups in total. The lowest BCUT2D eigenvalue weighted by Gasteiger charge is -2.39. The SMILES string of the molecule is O=S1(=O)c2ccccc2[C@H](O)[C@@H](Cc2c[nH]c3ccccc23)N1Cc1ccncc1. The fraction of sp³-hybridized carbons (Fsp3) is 0.174. The van der Waals surface area contributed by atoms with Crippen LogP contribution in [0.3, 0.4) is 0 Å². The molecule has 1 aliphatic heterocycles. The van der Waals surface area contributed by atoms with E-state index in [1.807, 2.05) is 30.5 Å². The molecule has 0 saturated heterocycles. The molecule has 2 aromatic heterocycles. The van der Waals surface area contributed by atoms with Crippen LogP contribution in [0.5, 0.6) is 0 Å². The zero-order valence-electron chi connectivity index (χ0n) is 16.1. The molecule has 3 heterocycles. The van der Waals surface area contributed by atoms with E-state index >= 15 is 0 Å². The van der Waals surface area contributed by atoms with E-state index in [2.05, 4.69) is 9.97 Å². The van der Waals surface area contributed by atoms with Crippen molar-refractivity contribution < 1.29 is 13.5 Å². The average molecular weight is 420 g/mol. The lowest BCUT2D eigenvalue weighted by Crippen LogP contribution is -2.48. The van der Waals surface area contributed by atoms with Gasteiger partial charge in [-0.1, -0.05) is 36.4 Å². The van der Waals surface area contributed by atoms with Gasteiger partial charge in [0, 0.05) is 41.6 Å². The molecule has 0 unspecified atom stereocenters. The summed E-state index contributed by atoms with van der Waals surface area (Å²) in [6, 6.07) is 17.6. The fourth-order valence-electron chi connectivity index (χ4n) is 4.24. The summed E-state index contributed by atoms with van der Waals surface area (Å²) in [5.41, 5.74) is 3.24. The molecule has 2 aromatic carbocycles. The molecule has 0 fully saturated rings. The first-order valence-electron chi connectivity index (χ1n) is 9.78. The molecule has 2 atom stereocenters. The number of rotatable bonds is 4. The van der Waals surface area contributed by atoms with E-state index in [1.165, 1.54) is 4.31 Å². The molecule has 152 valence electrons. The number of hydrogen-bond acceptors (Lipinski definition) is 4. The van der Waals surface area contributed by atoms with Crippen LogP contribution in [0.15, 0.2) is 84.1 Å². The monoisotopic (exact) mass is 419 g/mol. The molecule has 0 amide bonds. The predicted octanol–water partition coefficient (Wildman–Crippen LogP) is 3.41. The van der Waals surface area contributed by atoms with Crippen LogP contribution in [-0.4, -0.2) is 33.8 Å². The molecular weight excluding hydrogens is 398 g/mol. The highest BCUT2D eigenvalue weighted by Crippen LogP contribution is 2.39. The lowest BCUT2D eigenvalue weighted by atomic mass is 9.95. The second-order valence-corrected chi connectivity index (χ2v) is 9.38. The highest BCUT2D eigenvalue weighted by atomic mass is 32.2. The molecule has 5 rings (SSSR count). The van der Waals surface area contributed by atoms with Crippen LogP contribution in [0, 0.1) is 0 Å². The number of H-pyrrole nitrogens is 1. The molecule has 0 bridgehead atoms. The lowest BCUT2D eigenvalue weighted by molar-refractivity contribution is 0.0771. The number of para-hydroxylation sites is 1. The van der Waals surface area contributed by atoms with Gasteiger partial charge in [-0.2, -0.15) is 4.31 Å². The van der Waals surface area contributed by atoms with Crippen molar-refractivity contribution in [1.29, 1.82) is 0 Å². The van der Waals surface area contributed by atoms with E-state index in [1.54, 1.807) is 48.8 Å². The van der Waals surface area contributed by atoms with E-state index in [0.717, 1.165) is 22.0 Å². The molecule has 6 nitrogen and oxygen atoms in total. The molecule has 0 aliphatic carbocycles. The van der Waals surface area contributed by atoms with Gasteiger partial charge in [0.25, 0.3) is 0 Å². The first-order chi connectivity index (χ1) is 14.6. The largest absolute Gasteiger partial charge is 0.387 e. The summed E-state index contributed by atoms with van der Waals surface area (Å²) >= 11 is 0. The molecular formula is C23H21N3O3S. The van der Waals surface area contributed by atoms with Crippen LogP contribution in [0.25, 0.3) is 10.9 Å². The van der Waals surface area contributed by atoms with Crippen molar-refractivity contribution >= 4 is 20.9 Å². The van der Waals surface area contributed by atoms with Gasteiger partial charge in [0.1, 0.15) is 0 Å². The number of pyridine rings is 1. The summed E-state index contributed by atoms with van der Waals surface area (Å²) in [6.07, 6.45) is 4.65. The van der Waals surface area contributed by atoms with Gasteiger partial charge in [-0.3, -0.25) is 4.98 Å². The van der Waals surface area contributed by atoms with Gasteiger partial charge in [-0.05, 0) is 41.8 Å².